The van der Waals surface area contributed by atoms with Gasteiger partial charge in [-0.3, -0.25) is 0 Å². The third-order valence-corrected chi connectivity index (χ3v) is 4.23. The predicted molar refractivity (Wildman–Crippen MR) is 80.1 cm³/mol. The Balaban J connectivity index is 2.03. The molecule has 0 aliphatic heterocycles. The number of hydrogen-bond donors (Lipinski definition) is 2. The van der Waals surface area contributed by atoms with Crippen molar-refractivity contribution < 1.29 is 13.9 Å². The fourth-order valence-corrected chi connectivity index (χ4v) is 3.97. The second-order valence-corrected chi connectivity index (χ2v) is 7.90. The molecule has 4 heteroatoms. The molecule has 1 aliphatic rings. The van der Waals surface area contributed by atoms with Gasteiger partial charge < -0.3 is 10.4 Å². The molecule has 0 amide bonds. The normalized spacial score (nSPS) is 21.4. The molecular formula is C17H25F2NO. The molecule has 2 rings (SSSR count). The van der Waals surface area contributed by atoms with Gasteiger partial charge in [-0.05, 0) is 47.8 Å². The van der Waals surface area contributed by atoms with Gasteiger partial charge in [0, 0.05) is 12.6 Å². The van der Waals surface area contributed by atoms with Crippen LogP contribution in [-0.4, -0.2) is 11.1 Å². The van der Waals surface area contributed by atoms with E-state index in [9.17, 15) is 8.78 Å². The van der Waals surface area contributed by atoms with Crippen LogP contribution in [0, 0.1) is 22.5 Å². The lowest BCUT2D eigenvalue weighted by atomic mass is 9.63. The van der Waals surface area contributed by atoms with Crippen molar-refractivity contribution in [2.75, 3.05) is 0 Å². The summed E-state index contributed by atoms with van der Waals surface area (Å²) in [6.07, 6.45) is 3.29. The summed E-state index contributed by atoms with van der Waals surface area (Å²) in [6.45, 7) is 9.47. The number of nitrogens with one attached hydrogen (secondary N) is 1. The second kappa shape index (κ2) is 5.56. The van der Waals surface area contributed by atoms with Crippen LogP contribution in [0.3, 0.4) is 0 Å². The Morgan fingerprint density at radius 2 is 1.57 bits per heavy atom. The van der Waals surface area contributed by atoms with Gasteiger partial charge in [-0.15, -0.1) is 0 Å². The van der Waals surface area contributed by atoms with Gasteiger partial charge in [-0.1, -0.05) is 27.7 Å². The fraction of sp³-hybridized carbons (Fsp3) is 0.647. The number of phenols is 1. The number of rotatable bonds is 3. The van der Waals surface area contributed by atoms with Gasteiger partial charge in [-0.25, -0.2) is 8.78 Å². The minimum Gasteiger partial charge on any atom is -0.503 e. The molecule has 0 radical (unpaired) electrons. The molecular weight excluding hydrogens is 272 g/mol. The van der Waals surface area contributed by atoms with Crippen LogP contribution in [0.25, 0.3) is 0 Å². The Morgan fingerprint density at radius 1 is 1.10 bits per heavy atom. The zero-order valence-corrected chi connectivity index (χ0v) is 13.3. The molecule has 0 aromatic heterocycles. The summed E-state index contributed by atoms with van der Waals surface area (Å²) >= 11 is 0. The summed E-state index contributed by atoms with van der Waals surface area (Å²) in [6, 6.07) is 2.71. The first-order chi connectivity index (χ1) is 9.58. The third kappa shape index (κ3) is 4.16. The van der Waals surface area contributed by atoms with Crippen molar-refractivity contribution in [2.45, 2.75) is 59.5 Å². The molecule has 1 saturated carbocycles. The maximum absolute atomic E-state index is 13.3. The van der Waals surface area contributed by atoms with E-state index in [1.54, 1.807) is 0 Å². The van der Waals surface area contributed by atoms with Crippen LogP contribution in [-0.2, 0) is 6.54 Å². The average molecular weight is 297 g/mol. The van der Waals surface area contributed by atoms with Crippen LogP contribution >= 0.6 is 0 Å². The van der Waals surface area contributed by atoms with Crippen molar-refractivity contribution >= 4 is 0 Å². The first-order valence-corrected chi connectivity index (χ1v) is 7.48. The van der Waals surface area contributed by atoms with Gasteiger partial charge >= 0.3 is 0 Å². The minimum absolute atomic E-state index is 0.269. The minimum atomic E-state index is -0.906. The highest BCUT2D eigenvalue weighted by Gasteiger charge is 2.38. The Hall–Kier alpha value is -1.16. The molecule has 118 valence electrons. The van der Waals surface area contributed by atoms with Crippen molar-refractivity contribution in [2.24, 2.45) is 10.8 Å². The van der Waals surface area contributed by atoms with Gasteiger partial charge in [0.1, 0.15) is 0 Å². The van der Waals surface area contributed by atoms with Crippen LogP contribution in [0.5, 0.6) is 5.75 Å². The first-order valence-electron chi connectivity index (χ1n) is 7.48. The predicted octanol–water partition coefficient (Wildman–Crippen LogP) is 4.36. The number of hydrogen-bond acceptors (Lipinski definition) is 2. The highest BCUT2D eigenvalue weighted by molar-refractivity contribution is 5.30. The van der Waals surface area contributed by atoms with Crippen LogP contribution in [0.15, 0.2) is 12.1 Å². The molecule has 0 saturated heterocycles. The Bertz CT molecular complexity index is 487. The highest BCUT2D eigenvalue weighted by Crippen LogP contribution is 2.45. The van der Waals surface area contributed by atoms with Gasteiger partial charge in [0.25, 0.3) is 0 Å². The number of phenolic OH excluding ortho intramolecular Hbond substituents is 1. The van der Waals surface area contributed by atoms with Crippen molar-refractivity contribution in [3.63, 3.8) is 0 Å². The summed E-state index contributed by atoms with van der Waals surface area (Å²) in [7, 11) is 0. The summed E-state index contributed by atoms with van der Waals surface area (Å²) in [5, 5.41) is 12.5. The van der Waals surface area contributed by atoms with Gasteiger partial charge in [0.15, 0.2) is 17.4 Å². The monoisotopic (exact) mass is 297 g/mol. The maximum atomic E-state index is 13.3. The molecule has 2 N–H and O–H groups in total. The molecule has 0 heterocycles. The summed E-state index contributed by atoms with van der Waals surface area (Å²) in [5.74, 6) is -2.72. The smallest absolute Gasteiger partial charge is 0.187 e. The zero-order valence-electron chi connectivity index (χ0n) is 13.3. The number of halogens is 2. The van der Waals surface area contributed by atoms with Crippen LogP contribution in [0.4, 0.5) is 8.78 Å². The Kier molecular flexibility index (Phi) is 4.29. The molecule has 1 aromatic rings. The fourth-order valence-electron chi connectivity index (χ4n) is 3.97. The van der Waals surface area contributed by atoms with E-state index in [1.807, 2.05) is 0 Å². The molecule has 1 fully saturated rings. The van der Waals surface area contributed by atoms with E-state index in [-0.39, 0.29) is 10.8 Å². The Labute approximate surface area is 125 Å². The molecule has 0 bridgehead atoms. The van der Waals surface area contributed by atoms with E-state index in [1.165, 1.54) is 18.6 Å². The molecule has 21 heavy (non-hydrogen) atoms. The molecule has 0 unspecified atom stereocenters. The van der Waals surface area contributed by atoms with Gasteiger partial charge in [-0.2, -0.15) is 0 Å². The van der Waals surface area contributed by atoms with E-state index in [0.29, 0.717) is 18.2 Å². The number of benzene rings is 1. The third-order valence-electron chi connectivity index (χ3n) is 4.23. The summed E-state index contributed by atoms with van der Waals surface area (Å²) in [4.78, 5) is 0. The summed E-state index contributed by atoms with van der Waals surface area (Å²) in [5.41, 5.74) is 1.06. The molecule has 1 aliphatic carbocycles. The lowest BCUT2D eigenvalue weighted by Gasteiger charge is -2.45. The standard InChI is InChI=1S/C17H25F2NO/c1-16(2)7-12(8-17(3,4)10-16)20-9-11-5-13(18)15(21)14(19)6-11/h5-6,12,20-21H,7-10H2,1-4H3. The summed E-state index contributed by atoms with van der Waals surface area (Å²) < 4.78 is 26.7. The molecule has 2 nitrogen and oxygen atoms in total. The molecule has 1 aromatic carbocycles. The lowest BCUT2D eigenvalue weighted by Crippen LogP contribution is -2.43. The van der Waals surface area contributed by atoms with Crippen molar-refractivity contribution in [1.29, 1.82) is 0 Å². The van der Waals surface area contributed by atoms with E-state index in [4.69, 9.17) is 5.11 Å². The van der Waals surface area contributed by atoms with Crippen molar-refractivity contribution in [3.05, 3.63) is 29.3 Å². The maximum Gasteiger partial charge on any atom is 0.187 e. The molecule has 0 atom stereocenters. The van der Waals surface area contributed by atoms with E-state index in [2.05, 4.69) is 33.0 Å². The first kappa shape index (κ1) is 16.2. The van der Waals surface area contributed by atoms with Crippen LogP contribution < -0.4 is 5.32 Å². The lowest BCUT2D eigenvalue weighted by molar-refractivity contribution is 0.0844. The van der Waals surface area contributed by atoms with E-state index in [0.717, 1.165) is 12.8 Å². The van der Waals surface area contributed by atoms with Crippen molar-refractivity contribution in [1.82, 2.24) is 5.32 Å². The van der Waals surface area contributed by atoms with Crippen molar-refractivity contribution in [3.8, 4) is 5.75 Å². The second-order valence-electron chi connectivity index (χ2n) is 7.90. The largest absolute Gasteiger partial charge is 0.503 e. The SMILES string of the molecule is CC1(C)CC(NCc2cc(F)c(O)c(F)c2)CC(C)(C)C1. The quantitative estimate of drug-likeness (QED) is 0.868. The van der Waals surface area contributed by atoms with Crippen LogP contribution in [0.1, 0.15) is 52.5 Å². The van der Waals surface area contributed by atoms with Crippen LogP contribution in [0.2, 0.25) is 0 Å². The number of aromatic hydroxyl groups is 1. The highest BCUT2D eigenvalue weighted by atomic mass is 19.1. The van der Waals surface area contributed by atoms with E-state index >= 15 is 0 Å². The zero-order chi connectivity index (χ0) is 15.8. The topological polar surface area (TPSA) is 32.3 Å². The van der Waals surface area contributed by atoms with E-state index < -0.39 is 17.4 Å². The van der Waals surface area contributed by atoms with Gasteiger partial charge in [0.2, 0.25) is 0 Å². The van der Waals surface area contributed by atoms with Gasteiger partial charge in [0.05, 0.1) is 0 Å². The average Bonchev–Trinajstić information content (AvgIpc) is 2.29. The Morgan fingerprint density at radius 3 is 2.05 bits per heavy atom. The molecule has 0 spiro atoms.